The number of hydrogen-bond acceptors (Lipinski definition) is 3. The Morgan fingerprint density at radius 1 is 1.19 bits per heavy atom. The summed E-state index contributed by atoms with van der Waals surface area (Å²) in [6.07, 6.45) is 1.99. The van der Waals surface area contributed by atoms with Gasteiger partial charge in [0, 0.05) is 31.7 Å². The molecule has 0 unspecified atom stereocenters. The minimum atomic E-state index is 0.310. The highest BCUT2D eigenvalue weighted by Crippen LogP contribution is 2.15. The van der Waals surface area contributed by atoms with Crippen molar-refractivity contribution >= 4 is 17.2 Å². The summed E-state index contributed by atoms with van der Waals surface area (Å²) in [6.45, 7) is 12.7. The molecule has 16 heavy (non-hydrogen) atoms. The second-order valence-electron chi connectivity index (χ2n) is 5.57. The van der Waals surface area contributed by atoms with Crippen LogP contribution >= 0.6 is 12.2 Å². The first kappa shape index (κ1) is 13.9. The smallest absolute Gasteiger partial charge is 0.0727 e. The van der Waals surface area contributed by atoms with Crippen molar-refractivity contribution < 1.29 is 0 Å². The van der Waals surface area contributed by atoms with Crippen molar-refractivity contribution in [1.82, 2.24) is 9.80 Å². The molecule has 0 aromatic heterocycles. The highest BCUT2D eigenvalue weighted by atomic mass is 32.1. The summed E-state index contributed by atoms with van der Waals surface area (Å²) >= 11 is 4.88. The van der Waals surface area contributed by atoms with Gasteiger partial charge in [-0.2, -0.15) is 0 Å². The molecule has 2 N–H and O–H groups in total. The Bertz CT molecular complexity index is 227. The van der Waals surface area contributed by atoms with Gasteiger partial charge in [-0.05, 0) is 40.2 Å². The molecule has 0 bridgehead atoms. The van der Waals surface area contributed by atoms with Gasteiger partial charge in [-0.25, -0.2) is 0 Å². The summed E-state index contributed by atoms with van der Waals surface area (Å²) in [4.78, 5) is 5.71. The van der Waals surface area contributed by atoms with E-state index in [9.17, 15) is 0 Å². The van der Waals surface area contributed by atoms with E-state index in [0.29, 0.717) is 10.5 Å². The third-order valence-electron chi connectivity index (χ3n) is 3.22. The van der Waals surface area contributed by atoms with Crippen LogP contribution in [0.25, 0.3) is 0 Å². The first-order chi connectivity index (χ1) is 7.39. The van der Waals surface area contributed by atoms with E-state index in [1.807, 2.05) is 0 Å². The van der Waals surface area contributed by atoms with Crippen molar-refractivity contribution in [3.8, 4) is 0 Å². The van der Waals surface area contributed by atoms with Gasteiger partial charge >= 0.3 is 0 Å². The van der Waals surface area contributed by atoms with E-state index < -0.39 is 0 Å². The molecule has 0 aromatic carbocycles. The fourth-order valence-corrected chi connectivity index (χ4v) is 2.26. The van der Waals surface area contributed by atoms with Crippen LogP contribution < -0.4 is 5.73 Å². The molecule has 0 radical (unpaired) electrons. The molecule has 4 heteroatoms. The SMILES string of the molecule is CC(C)(C)N1CCN(CCCC(N)=S)CC1. The summed E-state index contributed by atoms with van der Waals surface area (Å²) in [6, 6.07) is 0. The van der Waals surface area contributed by atoms with Crippen molar-refractivity contribution in [3.05, 3.63) is 0 Å². The lowest BCUT2D eigenvalue weighted by Crippen LogP contribution is -2.53. The van der Waals surface area contributed by atoms with Crippen LogP contribution in [0.3, 0.4) is 0 Å². The van der Waals surface area contributed by atoms with Gasteiger partial charge < -0.3 is 10.6 Å². The molecule has 3 nitrogen and oxygen atoms in total. The predicted octanol–water partition coefficient (Wildman–Crippen LogP) is 1.47. The van der Waals surface area contributed by atoms with E-state index in [0.717, 1.165) is 19.4 Å². The quantitative estimate of drug-likeness (QED) is 0.758. The Morgan fingerprint density at radius 3 is 2.19 bits per heavy atom. The number of piperazine rings is 1. The lowest BCUT2D eigenvalue weighted by atomic mass is 10.0. The molecule has 1 rings (SSSR count). The first-order valence-electron chi connectivity index (χ1n) is 6.15. The topological polar surface area (TPSA) is 32.5 Å². The fraction of sp³-hybridized carbons (Fsp3) is 0.917. The zero-order valence-corrected chi connectivity index (χ0v) is 11.6. The Kier molecular flexibility index (Phi) is 5.15. The summed E-state index contributed by atoms with van der Waals surface area (Å²) in [5.41, 5.74) is 5.80. The van der Waals surface area contributed by atoms with Crippen molar-refractivity contribution in [3.63, 3.8) is 0 Å². The minimum Gasteiger partial charge on any atom is -0.393 e. The maximum Gasteiger partial charge on any atom is 0.0727 e. The summed E-state index contributed by atoms with van der Waals surface area (Å²) < 4.78 is 0. The molecule has 1 aliphatic rings. The van der Waals surface area contributed by atoms with E-state index >= 15 is 0 Å². The second kappa shape index (κ2) is 5.94. The molecule has 0 saturated carbocycles. The van der Waals surface area contributed by atoms with E-state index in [4.69, 9.17) is 18.0 Å². The zero-order chi connectivity index (χ0) is 12.2. The average molecular weight is 243 g/mol. The molecule has 0 spiro atoms. The molecule has 1 fully saturated rings. The molecule has 0 atom stereocenters. The Balaban J connectivity index is 2.19. The fourth-order valence-electron chi connectivity index (χ4n) is 2.12. The molecule has 0 aliphatic carbocycles. The van der Waals surface area contributed by atoms with Gasteiger partial charge in [-0.15, -0.1) is 0 Å². The third-order valence-corrected chi connectivity index (χ3v) is 3.42. The van der Waals surface area contributed by atoms with E-state index in [2.05, 4.69) is 30.6 Å². The maximum absolute atomic E-state index is 5.49. The van der Waals surface area contributed by atoms with Gasteiger partial charge in [0.15, 0.2) is 0 Å². The molecule has 1 saturated heterocycles. The summed E-state index contributed by atoms with van der Waals surface area (Å²) in [5.74, 6) is 0. The van der Waals surface area contributed by atoms with Crippen molar-refractivity contribution in [1.29, 1.82) is 0 Å². The molecule has 94 valence electrons. The summed E-state index contributed by atoms with van der Waals surface area (Å²) in [7, 11) is 0. The van der Waals surface area contributed by atoms with Gasteiger partial charge in [0.25, 0.3) is 0 Å². The van der Waals surface area contributed by atoms with Crippen LogP contribution in [0.15, 0.2) is 0 Å². The first-order valence-corrected chi connectivity index (χ1v) is 6.56. The molecule has 0 aromatic rings. The summed E-state index contributed by atoms with van der Waals surface area (Å²) in [5, 5.41) is 0. The number of thiocarbonyl (C=S) groups is 1. The number of rotatable bonds is 4. The number of nitrogens with two attached hydrogens (primary N) is 1. The average Bonchev–Trinajstić information content (AvgIpc) is 2.16. The molecule has 0 amide bonds. The van der Waals surface area contributed by atoms with Crippen LogP contribution in [0.4, 0.5) is 0 Å². The van der Waals surface area contributed by atoms with Crippen molar-refractivity contribution in [2.75, 3.05) is 32.7 Å². The number of hydrogen-bond donors (Lipinski definition) is 1. The third kappa shape index (κ3) is 4.76. The van der Waals surface area contributed by atoms with Crippen molar-refractivity contribution in [2.45, 2.75) is 39.2 Å². The zero-order valence-electron chi connectivity index (χ0n) is 10.8. The monoisotopic (exact) mass is 243 g/mol. The van der Waals surface area contributed by atoms with Crippen LogP contribution in [0.5, 0.6) is 0 Å². The Hall–Kier alpha value is -0.190. The Morgan fingerprint density at radius 2 is 1.75 bits per heavy atom. The lowest BCUT2D eigenvalue weighted by Gasteiger charge is -2.42. The van der Waals surface area contributed by atoms with Gasteiger partial charge in [-0.3, -0.25) is 4.90 Å². The van der Waals surface area contributed by atoms with Crippen molar-refractivity contribution in [2.24, 2.45) is 5.73 Å². The molecular formula is C12H25N3S. The normalized spacial score (nSPS) is 19.9. The minimum absolute atomic E-state index is 0.310. The van der Waals surface area contributed by atoms with Gasteiger partial charge in [0.1, 0.15) is 0 Å². The predicted molar refractivity (Wildman–Crippen MR) is 73.8 cm³/mol. The van der Waals surface area contributed by atoms with Crippen LogP contribution in [0, 0.1) is 0 Å². The molecule has 1 heterocycles. The number of nitrogens with zero attached hydrogens (tertiary/aromatic N) is 2. The van der Waals surface area contributed by atoms with Gasteiger partial charge in [0.2, 0.25) is 0 Å². The van der Waals surface area contributed by atoms with Gasteiger partial charge in [0.05, 0.1) is 4.99 Å². The van der Waals surface area contributed by atoms with Crippen LogP contribution in [-0.4, -0.2) is 53.1 Å². The van der Waals surface area contributed by atoms with Crippen LogP contribution in [0.2, 0.25) is 0 Å². The highest BCUT2D eigenvalue weighted by Gasteiger charge is 2.25. The van der Waals surface area contributed by atoms with Crippen LogP contribution in [0.1, 0.15) is 33.6 Å². The largest absolute Gasteiger partial charge is 0.393 e. The van der Waals surface area contributed by atoms with E-state index in [1.54, 1.807) is 0 Å². The standard InChI is InChI=1S/C12H25N3S/c1-12(2,3)15-9-7-14(8-10-15)6-4-5-11(13)16/h4-10H2,1-3H3,(H2,13,16). The Labute approximate surface area is 105 Å². The maximum atomic E-state index is 5.49. The molecule has 1 aliphatic heterocycles. The van der Waals surface area contributed by atoms with E-state index in [1.165, 1.54) is 26.2 Å². The lowest BCUT2D eigenvalue weighted by molar-refractivity contribution is 0.0621. The second-order valence-corrected chi connectivity index (χ2v) is 6.09. The highest BCUT2D eigenvalue weighted by molar-refractivity contribution is 7.80. The van der Waals surface area contributed by atoms with Gasteiger partial charge in [-0.1, -0.05) is 12.2 Å². The van der Waals surface area contributed by atoms with Crippen LogP contribution in [-0.2, 0) is 0 Å². The van der Waals surface area contributed by atoms with E-state index in [-0.39, 0.29) is 0 Å². The molecular weight excluding hydrogens is 218 g/mol.